The molecular weight excluding hydrogens is 246 g/mol. The fourth-order valence-corrected chi connectivity index (χ4v) is 1.70. The summed E-state index contributed by atoms with van der Waals surface area (Å²) < 4.78 is 0. The molecule has 0 rings (SSSR count). The zero-order valence-corrected chi connectivity index (χ0v) is 12.4. The Hall–Kier alpha value is -1.59. The number of carbonyl (C=O) groups excluding carboxylic acids is 3. The number of nitrogens with zero attached hydrogens (tertiary/aromatic N) is 1. The van der Waals surface area contributed by atoms with Crippen LogP contribution in [0.4, 0.5) is 0 Å². The highest BCUT2D eigenvalue weighted by Gasteiger charge is 2.27. The Bertz CT molecular complexity index is 329. The Morgan fingerprint density at radius 1 is 1.16 bits per heavy atom. The van der Waals surface area contributed by atoms with Crippen molar-refractivity contribution in [2.75, 3.05) is 19.6 Å². The molecule has 19 heavy (non-hydrogen) atoms. The van der Waals surface area contributed by atoms with Crippen LogP contribution in [-0.2, 0) is 14.4 Å². The first-order valence-electron chi connectivity index (χ1n) is 6.66. The summed E-state index contributed by atoms with van der Waals surface area (Å²) in [7, 11) is 0. The summed E-state index contributed by atoms with van der Waals surface area (Å²) >= 11 is 0. The zero-order chi connectivity index (χ0) is 15.0. The van der Waals surface area contributed by atoms with Crippen LogP contribution in [0, 0.1) is 5.92 Å². The molecule has 0 radical (unpaired) electrons. The number of likely N-dealkylation sites (N-methyl/N-ethyl adjacent to an activating group) is 2. The zero-order valence-electron chi connectivity index (χ0n) is 12.4. The topological polar surface area (TPSA) is 78.5 Å². The third kappa shape index (κ3) is 6.22. The summed E-state index contributed by atoms with van der Waals surface area (Å²) in [5.41, 5.74) is 0. The molecule has 0 aromatic heterocycles. The van der Waals surface area contributed by atoms with Crippen molar-refractivity contribution in [3.05, 3.63) is 0 Å². The number of hydrogen-bond acceptors (Lipinski definition) is 3. The predicted molar refractivity (Wildman–Crippen MR) is 73.4 cm³/mol. The van der Waals surface area contributed by atoms with Gasteiger partial charge in [0.05, 0.1) is 6.54 Å². The maximum atomic E-state index is 12.3. The lowest BCUT2D eigenvalue weighted by Gasteiger charge is -2.28. The van der Waals surface area contributed by atoms with E-state index in [0.717, 1.165) is 0 Å². The minimum absolute atomic E-state index is 0.0198. The molecule has 3 amide bonds. The molecule has 0 saturated heterocycles. The molecule has 0 saturated carbocycles. The molecular formula is C13H25N3O3. The second-order valence-electron chi connectivity index (χ2n) is 4.73. The van der Waals surface area contributed by atoms with Crippen molar-refractivity contribution in [3.63, 3.8) is 0 Å². The van der Waals surface area contributed by atoms with Gasteiger partial charge in [0.15, 0.2) is 0 Å². The van der Waals surface area contributed by atoms with Gasteiger partial charge in [-0.25, -0.2) is 0 Å². The van der Waals surface area contributed by atoms with Crippen molar-refractivity contribution in [2.24, 2.45) is 5.92 Å². The lowest BCUT2D eigenvalue weighted by atomic mass is 10.0. The maximum absolute atomic E-state index is 12.3. The SMILES string of the molecule is CCNC(=O)CN(CC)C(=O)C(NC(C)=O)C(C)C. The van der Waals surface area contributed by atoms with Crippen LogP contribution in [0.15, 0.2) is 0 Å². The second-order valence-corrected chi connectivity index (χ2v) is 4.73. The summed E-state index contributed by atoms with van der Waals surface area (Å²) in [5, 5.41) is 5.29. The smallest absolute Gasteiger partial charge is 0.245 e. The van der Waals surface area contributed by atoms with Crippen LogP contribution in [0.1, 0.15) is 34.6 Å². The van der Waals surface area contributed by atoms with Gasteiger partial charge in [-0.05, 0) is 19.8 Å². The fraction of sp³-hybridized carbons (Fsp3) is 0.769. The van der Waals surface area contributed by atoms with E-state index < -0.39 is 6.04 Å². The molecule has 0 fully saturated rings. The Morgan fingerprint density at radius 2 is 1.74 bits per heavy atom. The van der Waals surface area contributed by atoms with Gasteiger partial charge in [0, 0.05) is 20.0 Å². The van der Waals surface area contributed by atoms with Crippen molar-refractivity contribution in [3.8, 4) is 0 Å². The Morgan fingerprint density at radius 3 is 2.11 bits per heavy atom. The quantitative estimate of drug-likeness (QED) is 0.691. The average molecular weight is 271 g/mol. The first-order chi connectivity index (χ1) is 8.83. The molecule has 0 aromatic rings. The average Bonchev–Trinajstić information content (AvgIpc) is 2.32. The van der Waals surface area contributed by atoms with Crippen LogP contribution >= 0.6 is 0 Å². The van der Waals surface area contributed by atoms with E-state index in [1.807, 2.05) is 27.7 Å². The van der Waals surface area contributed by atoms with Crippen molar-refractivity contribution in [1.29, 1.82) is 0 Å². The van der Waals surface area contributed by atoms with E-state index in [4.69, 9.17) is 0 Å². The van der Waals surface area contributed by atoms with Gasteiger partial charge < -0.3 is 15.5 Å². The Labute approximate surface area is 114 Å². The molecule has 2 N–H and O–H groups in total. The highest BCUT2D eigenvalue weighted by Crippen LogP contribution is 2.06. The molecule has 0 aliphatic carbocycles. The molecule has 1 atom stereocenters. The molecule has 0 aliphatic heterocycles. The van der Waals surface area contributed by atoms with Crippen molar-refractivity contribution < 1.29 is 14.4 Å². The fourth-order valence-electron chi connectivity index (χ4n) is 1.70. The summed E-state index contributed by atoms with van der Waals surface area (Å²) in [6, 6.07) is -0.591. The van der Waals surface area contributed by atoms with Crippen LogP contribution in [0.5, 0.6) is 0 Å². The highest BCUT2D eigenvalue weighted by atomic mass is 16.2. The number of hydrogen-bond donors (Lipinski definition) is 2. The van der Waals surface area contributed by atoms with Gasteiger partial charge in [-0.3, -0.25) is 14.4 Å². The summed E-state index contributed by atoms with van der Waals surface area (Å²) in [6.07, 6.45) is 0. The van der Waals surface area contributed by atoms with E-state index in [0.29, 0.717) is 13.1 Å². The van der Waals surface area contributed by atoms with Crippen molar-refractivity contribution in [1.82, 2.24) is 15.5 Å². The van der Waals surface area contributed by atoms with E-state index in [1.165, 1.54) is 11.8 Å². The molecule has 6 heteroatoms. The van der Waals surface area contributed by atoms with E-state index >= 15 is 0 Å². The summed E-state index contributed by atoms with van der Waals surface area (Å²) in [4.78, 5) is 36.4. The first kappa shape index (κ1) is 17.4. The third-order valence-corrected chi connectivity index (χ3v) is 2.69. The molecule has 0 aliphatic rings. The van der Waals surface area contributed by atoms with Gasteiger partial charge >= 0.3 is 0 Å². The van der Waals surface area contributed by atoms with E-state index in [1.54, 1.807) is 0 Å². The minimum Gasteiger partial charge on any atom is -0.355 e. The molecule has 0 heterocycles. The molecule has 6 nitrogen and oxygen atoms in total. The van der Waals surface area contributed by atoms with Gasteiger partial charge in [-0.15, -0.1) is 0 Å². The number of nitrogens with one attached hydrogen (secondary N) is 2. The van der Waals surface area contributed by atoms with Gasteiger partial charge in [0.1, 0.15) is 6.04 Å². The number of carbonyl (C=O) groups is 3. The minimum atomic E-state index is -0.591. The molecule has 1 unspecified atom stereocenters. The largest absolute Gasteiger partial charge is 0.355 e. The third-order valence-electron chi connectivity index (χ3n) is 2.69. The van der Waals surface area contributed by atoms with E-state index in [2.05, 4.69) is 10.6 Å². The summed E-state index contributed by atoms with van der Waals surface area (Å²) in [5.74, 6) is -0.692. The van der Waals surface area contributed by atoms with Crippen LogP contribution < -0.4 is 10.6 Å². The van der Waals surface area contributed by atoms with Crippen molar-refractivity contribution in [2.45, 2.75) is 40.7 Å². The van der Waals surface area contributed by atoms with Crippen LogP contribution in [0.3, 0.4) is 0 Å². The Balaban J connectivity index is 4.77. The Kier molecular flexibility index (Phi) is 7.79. The van der Waals surface area contributed by atoms with Gasteiger partial charge in [-0.2, -0.15) is 0 Å². The number of amides is 3. The lowest BCUT2D eigenvalue weighted by molar-refractivity contribution is -0.140. The van der Waals surface area contributed by atoms with Crippen LogP contribution in [0.25, 0.3) is 0 Å². The van der Waals surface area contributed by atoms with E-state index in [-0.39, 0.29) is 30.2 Å². The normalized spacial score (nSPS) is 11.9. The van der Waals surface area contributed by atoms with Crippen molar-refractivity contribution >= 4 is 17.7 Å². The van der Waals surface area contributed by atoms with Gasteiger partial charge in [-0.1, -0.05) is 13.8 Å². The highest BCUT2D eigenvalue weighted by molar-refractivity contribution is 5.90. The molecule has 0 spiro atoms. The predicted octanol–water partition coefficient (Wildman–Crippen LogP) is 0.132. The molecule has 0 bridgehead atoms. The molecule has 110 valence electrons. The van der Waals surface area contributed by atoms with Crippen LogP contribution in [-0.4, -0.2) is 48.3 Å². The standard InChI is InChI=1S/C13H25N3O3/c1-6-14-11(18)8-16(7-2)13(19)12(9(3)4)15-10(5)17/h9,12H,6-8H2,1-5H3,(H,14,18)(H,15,17). The monoisotopic (exact) mass is 271 g/mol. The maximum Gasteiger partial charge on any atom is 0.245 e. The van der Waals surface area contributed by atoms with Gasteiger partial charge in [0.25, 0.3) is 0 Å². The summed E-state index contributed by atoms with van der Waals surface area (Å²) in [6.45, 7) is 9.71. The molecule has 0 aromatic carbocycles. The second kappa shape index (κ2) is 8.50. The lowest BCUT2D eigenvalue weighted by Crippen LogP contribution is -2.52. The van der Waals surface area contributed by atoms with E-state index in [9.17, 15) is 14.4 Å². The first-order valence-corrected chi connectivity index (χ1v) is 6.66. The number of rotatable bonds is 7. The van der Waals surface area contributed by atoms with Crippen LogP contribution in [0.2, 0.25) is 0 Å². The van der Waals surface area contributed by atoms with Gasteiger partial charge in [0.2, 0.25) is 17.7 Å².